The predicted molar refractivity (Wildman–Crippen MR) is 75.9 cm³/mol. The summed E-state index contributed by atoms with van der Waals surface area (Å²) in [7, 11) is 0. The number of aliphatic hydroxyl groups is 2. The minimum absolute atomic E-state index is 0.216. The standard InChI is InChI=1S/C12H20GeN2O5/c1-13(2,3)7-5-15(12(19)14-11(7)18)10-4-8(17)9(6-16)20-10/h5,8-10,16-17H,4,6H2,1-3H3,(H,14,18,19)/t8-,9+,10+/m0/s1. The molecule has 1 aliphatic rings. The van der Waals surface area contributed by atoms with Gasteiger partial charge in [-0.05, 0) is 0 Å². The number of rotatable bonds is 3. The van der Waals surface area contributed by atoms with Crippen molar-refractivity contribution in [1.82, 2.24) is 9.55 Å². The van der Waals surface area contributed by atoms with E-state index in [0.717, 1.165) is 0 Å². The van der Waals surface area contributed by atoms with Crippen LogP contribution >= 0.6 is 0 Å². The van der Waals surface area contributed by atoms with Crippen LogP contribution in [0.1, 0.15) is 12.6 Å². The van der Waals surface area contributed by atoms with E-state index >= 15 is 0 Å². The number of hydrogen-bond donors (Lipinski definition) is 3. The predicted octanol–water partition coefficient (Wildman–Crippen LogP) is -1.28. The second kappa shape index (κ2) is 5.47. The SMILES string of the molecule is [CH3][Ge]([CH3])([CH3])[c]1cn([C@H]2C[C@H](O)[C@@H](CO)O2)c(=O)[nH]c1=O. The summed E-state index contributed by atoms with van der Waals surface area (Å²) in [6.07, 6.45) is -0.400. The Balaban J connectivity index is 2.43. The number of aromatic nitrogens is 2. The Morgan fingerprint density at radius 1 is 1.45 bits per heavy atom. The molecule has 7 nitrogen and oxygen atoms in total. The number of ether oxygens (including phenoxy) is 1. The molecule has 2 rings (SSSR count). The van der Waals surface area contributed by atoms with E-state index in [1.165, 1.54) is 4.57 Å². The second-order valence-corrected chi connectivity index (χ2v) is 16.6. The van der Waals surface area contributed by atoms with Crippen molar-refractivity contribution in [3.8, 4) is 0 Å². The molecule has 3 atom stereocenters. The van der Waals surface area contributed by atoms with E-state index in [9.17, 15) is 14.7 Å². The van der Waals surface area contributed by atoms with Crippen molar-refractivity contribution in [2.24, 2.45) is 0 Å². The summed E-state index contributed by atoms with van der Waals surface area (Å²) in [5.74, 6) is 6.17. The third-order valence-electron chi connectivity index (χ3n) is 3.47. The number of hydrogen-bond acceptors (Lipinski definition) is 5. The van der Waals surface area contributed by atoms with Crippen LogP contribution in [0.4, 0.5) is 0 Å². The Hall–Kier alpha value is -0.897. The van der Waals surface area contributed by atoms with Crippen LogP contribution in [-0.4, -0.2) is 51.8 Å². The van der Waals surface area contributed by atoms with Crippen LogP contribution in [0.15, 0.2) is 15.8 Å². The van der Waals surface area contributed by atoms with Gasteiger partial charge in [0.05, 0.1) is 0 Å². The van der Waals surface area contributed by atoms with Crippen molar-refractivity contribution in [1.29, 1.82) is 0 Å². The zero-order chi connectivity index (χ0) is 15.1. The fraction of sp³-hybridized carbons (Fsp3) is 0.667. The van der Waals surface area contributed by atoms with Crippen molar-refractivity contribution in [2.45, 2.75) is 42.1 Å². The van der Waals surface area contributed by atoms with Crippen LogP contribution in [0.3, 0.4) is 0 Å². The van der Waals surface area contributed by atoms with Gasteiger partial charge in [0.1, 0.15) is 0 Å². The van der Waals surface area contributed by atoms with Crippen LogP contribution in [0.25, 0.3) is 0 Å². The molecule has 0 aliphatic carbocycles. The van der Waals surface area contributed by atoms with Crippen molar-refractivity contribution < 1.29 is 14.9 Å². The molecular weight excluding hydrogens is 325 g/mol. The van der Waals surface area contributed by atoms with Gasteiger partial charge in [0.2, 0.25) is 0 Å². The Morgan fingerprint density at radius 3 is 2.60 bits per heavy atom. The average Bonchev–Trinajstić information content (AvgIpc) is 2.68. The third kappa shape index (κ3) is 2.90. The van der Waals surface area contributed by atoms with Crippen LogP contribution in [0.5, 0.6) is 0 Å². The van der Waals surface area contributed by atoms with Crippen molar-refractivity contribution >= 4 is 17.7 Å². The van der Waals surface area contributed by atoms with E-state index in [-0.39, 0.29) is 18.6 Å². The fourth-order valence-electron chi connectivity index (χ4n) is 2.28. The Bertz CT molecular complexity index is 603. The van der Waals surface area contributed by atoms with Gasteiger partial charge >= 0.3 is 118 Å². The Morgan fingerprint density at radius 2 is 2.10 bits per heavy atom. The summed E-state index contributed by atoms with van der Waals surface area (Å²) in [5, 5.41) is 18.8. The first kappa shape index (κ1) is 15.5. The van der Waals surface area contributed by atoms with Crippen LogP contribution in [0, 0.1) is 0 Å². The van der Waals surface area contributed by atoms with Crippen molar-refractivity contribution in [2.75, 3.05) is 6.61 Å². The maximum atomic E-state index is 11.9. The van der Waals surface area contributed by atoms with Gasteiger partial charge in [0.15, 0.2) is 0 Å². The number of aromatic amines is 1. The van der Waals surface area contributed by atoms with Gasteiger partial charge in [-0.2, -0.15) is 0 Å². The molecule has 0 aromatic carbocycles. The molecule has 0 bridgehead atoms. The molecule has 0 unspecified atom stereocenters. The monoisotopic (exact) mass is 346 g/mol. The summed E-state index contributed by atoms with van der Waals surface area (Å²) in [6, 6.07) is 0. The normalized spacial score (nSPS) is 26.9. The topological polar surface area (TPSA) is 105 Å². The number of nitrogens with one attached hydrogen (secondary N) is 1. The molecule has 112 valence electrons. The summed E-state index contributed by atoms with van der Waals surface area (Å²) < 4.78 is 7.42. The molecule has 1 saturated heterocycles. The fourth-order valence-corrected chi connectivity index (χ4v) is 4.95. The van der Waals surface area contributed by atoms with E-state index in [2.05, 4.69) is 22.3 Å². The van der Waals surface area contributed by atoms with E-state index in [1.807, 2.05) is 0 Å². The molecule has 8 heteroatoms. The van der Waals surface area contributed by atoms with Gasteiger partial charge in [0.25, 0.3) is 0 Å². The van der Waals surface area contributed by atoms with Crippen molar-refractivity contribution in [3.05, 3.63) is 27.0 Å². The van der Waals surface area contributed by atoms with Gasteiger partial charge in [-0.3, -0.25) is 0 Å². The van der Waals surface area contributed by atoms with Gasteiger partial charge < -0.3 is 0 Å². The second-order valence-electron chi connectivity index (χ2n) is 6.07. The van der Waals surface area contributed by atoms with E-state index in [1.54, 1.807) is 6.20 Å². The Kier molecular flexibility index (Phi) is 4.24. The molecule has 0 spiro atoms. The van der Waals surface area contributed by atoms with Crippen LogP contribution in [0.2, 0.25) is 17.3 Å². The summed E-state index contributed by atoms with van der Waals surface area (Å²) in [6.45, 7) is -0.306. The van der Waals surface area contributed by atoms with Crippen LogP contribution in [-0.2, 0) is 4.74 Å². The first-order valence-corrected chi connectivity index (χ1v) is 13.9. The first-order valence-electron chi connectivity index (χ1n) is 6.54. The van der Waals surface area contributed by atoms with Gasteiger partial charge in [0, 0.05) is 0 Å². The number of H-pyrrole nitrogens is 1. The molecule has 1 fully saturated rings. The summed E-state index contributed by atoms with van der Waals surface area (Å²) in [5.41, 5.74) is -0.891. The van der Waals surface area contributed by atoms with Gasteiger partial charge in [-0.25, -0.2) is 0 Å². The van der Waals surface area contributed by atoms with E-state index in [4.69, 9.17) is 9.84 Å². The molecule has 1 aromatic heterocycles. The molecule has 20 heavy (non-hydrogen) atoms. The van der Waals surface area contributed by atoms with Crippen LogP contribution < -0.4 is 15.6 Å². The third-order valence-corrected chi connectivity index (χ3v) is 7.61. The first-order chi connectivity index (χ1) is 9.24. The maximum absolute atomic E-state index is 11.9. The minimum atomic E-state index is -2.41. The van der Waals surface area contributed by atoms with Crippen molar-refractivity contribution in [3.63, 3.8) is 0 Å². The zero-order valence-corrected chi connectivity index (χ0v) is 13.9. The average molecular weight is 345 g/mol. The molecule has 1 aliphatic heterocycles. The van der Waals surface area contributed by atoms with E-state index < -0.39 is 37.4 Å². The zero-order valence-electron chi connectivity index (χ0n) is 11.8. The number of nitrogens with zero attached hydrogens (tertiary/aromatic N) is 1. The Labute approximate surface area is 118 Å². The quantitative estimate of drug-likeness (QED) is 0.593. The molecular formula is C12H20GeN2O5. The molecule has 0 amide bonds. The molecule has 0 saturated carbocycles. The summed E-state index contributed by atoms with van der Waals surface area (Å²) in [4.78, 5) is 26.1. The molecule has 0 radical (unpaired) electrons. The van der Waals surface area contributed by atoms with Gasteiger partial charge in [-0.15, -0.1) is 0 Å². The molecule has 1 aromatic rings. The summed E-state index contributed by atoms with van der Waals surface area (Å²) >= 11 is -2.41. The molecule has 3 N–H and O–H groups in total. The van der Waals surface area contributed by atoms with E-state index in [0.29, 0.717) is 4.40 Å². The molecule has 2 heterocycles. The van der Waals surface area contributed by atoms with Gasteiger partial charge in [-0.1, -0.05) is 0 Å². The number of aliphatic hydroxyl groups excluding tert-OH is 2.